The van der Waals surface area contributed by atoms with Gasteiger partial charge < -0.3 is 31.1 Å². The lowest BCUT2D eigenvalue weighted by atomic mass is 9.83. The van der Waals surface area contributed by atoms with Crippen molar-refractivity contribution in [3.05, 3.63) is 71.2 Å². The Labute approximate surface area is 218 Å². The molecule has 200 valence electrons. The van der Waals surface area contributed by atoms with Gasteiger partial charge in [-0.2, -0.15) is 0 Å². The average molecular weight is 511 g/mol. The van der Waals surface area contributed by atoms with Gasteiger partial charge in [-0.05, 0) is 59.4 Å². The van der Waals surface area contributed by atoms with Gasteiger partial charge in [0.1, 0.15) is 16.9 Å². The lowest BCUT2D eigenvalue weighted by Crippen LogP contribution is -2.34. The van der Waals surface area contributed by atoms with Crippen molar-refractivity contribution in [1.29, 1.82) is 0 Å². The first-order valence-corrected chi connectivity index (χ1v) is 12.3. The summed E-state index contributed by atoms with van der Waals surface area (Å²) in [6.45, 7) is 6.33. The number of carbonyl (C=O) groups excluding carboxylic acids is 2. The molecular weight excluding hydrogens is 472 g/mol. The van der Waals surface area contributed by atoms with Crippen LogP contribution in [0.4, 0.5) is 11.4 Å². The summed E-state index contributed by atoms with van der Waals surface area (Å²) in [4.78, 5) is 23.9. The number of nitrogens with one attached hydrogen (secondary N) is 2. The molecule has 0 atom stereocenters. The van der Waals surface area contributed by atoms with Crippen LogP contribution < -0.4 is 10.6 Å². The maximum atomic E-state index is 12.0. The van der Waals surface area contributed by atoms with Crippen molar-refractivity contribution in [2.24, 2.45) is 17.3 Å². The standard InChI is InChI=1S/C29H38N2O6/c1-19(2)13-27(36)30-23-9-5-21(6-10-23)15-25(34)29(17-32,18-33)26(35)16-22-7-11-24(12-8-22)31-28(37)14-20(3)4/h5-12,15-16,19-20,32-35H,13-14,17-18H2,1-4H3,(H,30,36)(H,31,37). The molecule has 0 aliphatic rings. The number of amides is 2. The minimum atomic E-state index is -1.83. The Morgan fingerprint density at radius 1 is 0.703 bits per heavy atom. The summed E-state index contributed by atoms with van der Waals surface area (Å²) in [6, 6.07) is 13.3. The molecule has 8 heteroatoms. The van der Waals surface area contributed by atoms with E-state index in [4.69, 9.17) is 0 Å². The first-order valence-electron chi connectivity index (χ1n) is 12.3. The molecule has 0 aliphatic heterocycles. The highest BCUT2D eigenvalue weighted by molar-refractivity contribution is 5.91. The Kier molecular flexibility index (Phi) is 10.9. The van der Waals surface area contributed by atoms with Crippen LogP contribution in [0.1, 0.15) is 51.7 Å². The molecule has 0 saturated carbocycles. The minimum Gasteiger partial charge on any atom is -0.511 e. The predicted octanol–water partition coefficient (Wildman–Crippen LogP) is 5.12. The van der Waals surface area contributed by atoms with Crippen LogP contribution in [0.3, 0.4) is 0 Å². The first kappa shape index (κ1) is 29.6. The second-order valence-corrected chi connectivity index (χ2v) is 9.99. The first-order chi connectivity index (χ1) is 17.5. The number of aliphatic hydroxyl groups is 4. The second kappa shape index (κ2) is 13.6. The van der Waals surface area contributed by atoms with Crippen LogP contribution in [0.25, 0.3) is 12.2 Å². The summed E-state index contributed by atoms with van der Waals surface area (Å²) in [7, 11) is 0. The molecule has 0 spiro atoms. The molecule has 0 aliphatic carbocycles. The number of rotatable bonds is 12. The molecule has 2 aromatic rings. The average Bonchev–Trinajstić information content (AvgIpc) is 2.81. The topological polar surface area (TPSA) is 139 Å². The summed E-state index contributed by atoms with van der Waals surface area (Å²) in [5.41, 5.74) is 0.461. The lowest BCUT2D eigenvalue weighted by molar-refractivity contribution is -0.117. The molecule has 2 amide bonds. The van der Waals surface area contributed by atoms with Crippen molar-refractivity contribution < 1.29 is 30.0 Å². The van der Waals surface area contributed by atoms with E-state index in [1.807, 2.05) is 27.7 Å². The molecule has 0 bridgehead atoms. The third-order valence-electron chi connectivity index (χ3n) is 5.70. The summed E-state index contributed by atoms with van der Waals surface area (Å²) in [5, 5.41) is 47.3. The monoisotopic (exact) mass is 510 g/mol. The Morgan fingerprint density at radius 3 is 1.30 bits per heavy atom. The third kappa shape index (κ3) is 8.77. The Bertz CT molecular complexity index is 1010. The SMILES string of the molecule is CC(C)CC(=O)Nc1ccc(C=C(O)C(CO)(CO)C(O)=Cc2ccc(NC(=O)CC(C)C)cc2)cc1. The molecule has 0 saturated heterocycles. The van der Waals surface area contributed by atoms with Gasteiger partial charge in [0, 0.05) is 24.2 Å². The molecule has 0 unspecified atom stereocenters. The number of hydrogen-bond acceptors (Lipinski definition) is 6. The van der Waals surface area contributed by atoms with Gasteiger partial charge in [0.25, 0.3) is 0 Å². The molecular formula is C29H38N2O6. The van der Waals surface area contributed by atoms with Gasteiger partial charge in [0.2, 0.25) is 11.8 Å². The van der Waals surface area contributed by atoms with Gasteiger partial charge in [-0.15, -0.1) is 0 Å². The maximum absolute atomic E-state index is 12.0. The molecule has 8 nitrogen and oxygen atoms in total. The van der Waals surface area contributed by atoms with Gasteiger partial charge in [-0.1, -0.05) is 52.0 Å². The highest BCUT2D eigenvalue weighted by Gasteiger charge is 2.38. The lowest BCUT2D eigenvalue weighted by Gasteiger charge is -2.28. The fourth-order valence-corrected chi connectivity index (χ4v) is 3.59. The van der Waals surface area contributed by atoms with Gasteiger partial charge in [-0.3, -0.25) is 9.59 Å². The van der Waals surface area contributed by atoms with Crippen LogP contribution in [0.5, 0.6) is 0 Å². The predicted molar refractivity (Wildman–Crippen MR) is 147 cm³/mol. The summed E-state index contributed by atoms with van der Waals surface area (Å²) < 4.78 is 0. The van der Waals surface area contributed by atoms with Crippen molar-refractivity contribution in [2.75, 3.05) is 23.8 Å². The van der Waals surface area contributed by atoms with Crippen LogP contribution in [0.15, 0.2) is 60.0 Å². The molecule has 37 heavy (non-hydrogen) atoms. The molecule has 2 rings (SSSR count). The van der Waals surface area contributed by atoms with Crippen molar-refractivity contribution in [3.63, 3.8) is 0 Å². The van der Waals surface area contributed by atoms with Crippen molar-refractivity contribution in [3.8, 4) is 0 Å². The normalized spacial score (nSPS) is 12.6. The van der Waals surface area contributed by atoms with E-state index < -0.39 is 30.1 Å². The maximum Gasteiger partial charge on any atom is 0.224 e. The van der Waals surface area contributed by atoms with E-state index in [-0.39, 0.29) is 23.7 Å². The number of benzene rings is 2. The summed E-state index contributed by atoms with van der Waals surface area (Å²) >= 11 is 0. The summed E-state index contributed by atoms with van der Waals surface area (Å²) in [6.07, 6.45) is 3.48. The quantitative estimate of drug-likeness (QED) is 0.219. The van der Waals surface area contributed by atoms with Crippen LogP contribution in [-0.4, -0.2) is 45.5 Å². The van der Waals surface area contributed by atoms with E-state index >= 15 is 0 Å². The Morgan fingerprint density at radius 2 is 1.03 bits per heavy atom. The highest BCUT2D eigenvalue weighted by atomic mass is 16.3. The molecule has 0 fully saturated rings. The van der Waals surface area contributed by atoms with Crippen molar-refractivity contribution in [2.45, 2.75) is 40.5 Å². The fourth-order valence-electron chi connectivity index (χ4n) is 3.59. The van der Waals surface area contributed by atoms with Crippen molar-refractivity contribution >= 4 is 35.3 Å². The van der Waals surface area contributed by atoms with E-state index in [0.29, 0.717) is 35.3 Å². The zero-order chi connectivity index (χ0) is 27.6. The zero-order valence-corrected chi connectivity index (χ0v) is 21.9. The molecule has 0 radical (unpaired) electrons. The molecule has 6 N–H and O–H groups in total. The number of carbonyl (C=O) groups is 2. The van der Waals surface area contributed by atoms with E-state index in [2.05, 4.69) is 10.6 Å². The second-order valence-electron chi connectivity index (χ2n) is 9.99. The van der Waals surface area contributed by atoms with Crippen molar-refractivity contribution in [1.82, 2.24) is 0 Å². The zero-order valence-electron chi connectivity index (χ0n) is 21.9. The van der Waals surface area contributed by atoms with E-state index in [1.54, 1.807) is 48.5 Å². The largest absolute Gasteiger partial charge is 0.511 e. The van der Waals surface area contributed by atoms with Crippen LogP contribution in [0.2, 0.25) is 0 Å². The number of anilines is 2. The van der Waals surface area contributed by atoms with Crippen LogP contribution >= 0.6 is 0 Å². The van der Waals surface area contributed by atoms with Crippen LogP contribution in [-0.2, 0) is 9.59 Å². The molecule has 0 heterocycles. The fraction of sp³-hybridized carbons (Fsp3) is 0.379. The van der Waals surface area contributed by atoms with Gasteiger partial charge in [0.05, 0.1) is 13.2 Å². The minimum absolute atomic E-state index is 0.0956. The van der Waals surface area contributed by atoms with Crippen LogP contribution in [0, 0.1) is 17.3 Å². The van der Waals surface area contributed by atoms with E-state index in [9.17, 15) is 30.0 Å². The van der Waals surface area contributed by atoms with E-state index in [1.165, 1.54) is 12.2 Å². The molecule has 2 aromatic carbocycles. The smallest absolute Gasteiger partial charge is 0.224 e. The number of aliphatic hydroxyl groups excluding tert-OH is 4. The highest BCUT2D eigenvalue weighted by Crippen LogP contribution is 2.34. The Hall–Kier alpha value is -3.62. The van der Waals surface area contributed by atoms with Gasteiger partial charge in [0.15, 0.2) is 0 Å². The number of hydrogen-bond donors (Lipinski definition) is 6. The summed E-state index contributed by atoms with van der Waals surface area (Å²) in [5.74, 6) is -0.582. The van der Waals surface area contributed by atoms with Gasteiger partial charge in [-0.25, -0.2) is 0 Å². The molecule has 0 aromatic heterocycles. The third-order valence-corrected chi connectivity index (χ3v) is 5.70. The van der Waals surface area contributed by atoms with Gasteiger partial charge >= 0.3 is 0 Å². The van der Waals surface area contributed by atoms with E-state index in [0.717, 1.165) is 0 Å². The Balaban J connectivity index is 2.20.